The van der Waals surface area contributed by atoms with Gasteiger partial charge in [0, 0.05) is 23.7 Å². The number of methoxy groups -OCH3 is 2. The topological polar surface area (TPSA) is 65.8 Å². The number of nitrogens with zero attached hydrogens (tertiary/aromatic N) is 3. The number of fused-ring (bicyclic) bond motifs is 1. The third-order valence-electron chi connectivity index (χ3n) is 5.94. The predicted octanol–water partition coefficient (Wildman–Crippen LogP) is 4.66. The third kappa shape index (κ3) is 4.87. The van der Waals surface area contributed by atoms with E-state index in [4.69, 9.17) is 14.7 Å². The van der Waals surface area contributed by atoms with E-state index in [0.717, 1.165) is 30.0 Å². The van der Waals surface area contributed by atoms with Gasteiger partial charge in [-0.2, -0.15) is 5.26 Å². The van der Waals surface area contributed by atoms with E-state index in [1.165, 1.54) is 10.4 Å². The molecule has 7 heteroatoms. The van der Waals surface area contributed by atoms with Crippen molar-refractivity contribution in [1.29, 1.82) is 5.26 Å². The van der Waals surface area contributed by atoms with Crippen LogP contribution in [0.3, 0.4) is 0 Å². The van der Waals surface area contributed by atoms with Gasteiger partial charge in [0.2, 0.25) is 5.91 Å². The lowest BCUT2D eigenvalue weighted by Crippen LogP contribution is -2.45. The lowest BCUT2D eigenvalue weighted by Gasteiger charge is -2.38. The number of benzene rings is 2. The van der Waals surface area contributed by atoms with Crippen molar-refractivity contribution in [2.45, 2.75) is 18.9 Å². The van der Waals surface area contributed by atoms with Crippen LogP contribution in [0, 0.1) is 11.3 Å². The zero-order valence-corrected chi connectivity index (χ0v) is 19.7. The van der Waals surface area contributed by atoms with Gasteiger partial charge in [-0.15, -0.1) is 11.3 Å². The van der Waals surface area contributed by atoms with Crippen molar-refractivity contribution in [3.63, 3.8) is 0 Å². The standard InChI is InChI=1S/C26H27N3O3S/c1-31-22-16-19-11-14-28(26(24-10-6-15-33-24)21(19)17-23(22)32-2)18-25(30)29(13-7-12-27)20-8-4-3-5-9-20/h3-6,8-10,15-17,26H,7,11,13-14,18H2,1-2H3. The quantitative estimate of drug-likeness (QED) is 0.488. The first-order valence-electron chi connectivity index (χ1n) is 10.9. The molecule has 1 aliphatic heterocycles. The van der Waals surface area contributed by atoms with Gasteiger partial charge in [-0.1, -0.05) is 24.3 Å². The molecule has 1 aromatic heterocycles. The molecule has 0 N–H and O–H groups in total. The van der Waals surface area contributed by atoms with Gasteiger partial charge in [-0.3, -0.25) is 9.69 Å². The highest BCUT2D eigenvalue weighted by Gasteiger charge is 2.33. The lowest BCUT2D eigenvalue weighted by atomic mass is 9.90. The molecule has 0 aliphatic carbocycles. The molecule has 0 bridgehead atoms. The number of carbonyl (C=O) groups excluding carboxylic acids is 1. The Morgan fingerprint density at radius 3 is 2.58 bits per heavy atom. The summed E-state index contributed by atoms with van der Waals surface area (Å²) in [5, 5.41) is 11.2. The molecule has 0 saturated heterocycles. The van der Waals surface area contributed by atoms with E-state index in [1.54, 1.807) is 30.5 Å². The van der Waals surface area contributed by atoms with Crippen LogP contribution in [0.1, 0.15) is 28.5 Å². The van der Waals surface area contributed by atoms with Crippen molar-refractivity contribution in [2.75, 3.05) is 38.8 Å². The lowest BCUT2D eigenvalue weighted by molar-refractivity contribution is -0.120. The molecule has 0 saturated carbocycles. The van der Waals surface area contributed by atoms with Crippen molar-refractivity contribution in [2.24, 2.45) is 0 Å². The minimum Gasteiger partial charge on any atom is -0.493 e. The van der Waals surface area contributed by atoms with Gasteiger partial charge in [-0.05, 0) is 53.3 Å². The van der Waals surface area contributed by atoms with Gasteiger partial charge in [0.15, 0.2) is 11.5 Å². The third-order valence-corrected chi connectivity index (χ3v) is 6.87. The number of hydrogen-bond donors (Lipinski definition) is 0. The summed E-state index contributed by atoms with van der Waals surface area (Å²) in [6.07, 6.45) is 1.10. The van der Waals surface area contributed by atoms with Crippen LogP contribution in [0.2, 0.25) is 0 Å². The minimum absolute atomic E-state index is 0.0121. The smallest absolute Gasteiger partial charge is 0.241 e. The summed E-state index contributed by atoms with van der Waals surface area (Å²) in [7, 11) is 3.29. The fourth-order valence-electron chi connectivity index (χ4n) is 4.37. The van der Waals surface area contributed by atoms with Gasteiger partial charge >= 0.3 is 0 Å². The normalized spacial score (nSPS) is 15.4. The van der Waals surface area contributed by atoms with Gasteiger partial charge in [0.05, 0.1) is 39.3 Å². The number of anilines is 1. The summed E-state index contributed by atoms with van der Waals surface area (Å²) in [5.74, 6) is 1.39. The Hall–Kier alpha value is -3.34. The molecule has 6 nitrogen and oxygen atoms in total. The van der Waals surface area contributed by atoms with Crippen LogP contribution in [-0.2, 0) is 11.2 Å². The predicted molar refractivity (Wildman–Crippen MR) is 130 cm³/mol. The Balaban J connectivity index is 1.67. The van der Waals surface area contributed by atoms with Crippen molar-refractivity contribution in [3.8, 4) is 17.6 Å². The van der Waals surface area contributed by atoms with Gasteiger partial charge < -0.3 is 14.4 Å². The molecule has 170 valence electrons. The number of amides is 1. The number of rotatable bonds is 8. The Bertz CT molecular complexity index is 1130. The van der Waals surface area contributed by atoms with Crippen LogP contribution < -0.4 is 14.4 Å². The summed E-state index contributed by atoms with van der Waals surface area (Å²) in [5.41, 5.74) is 3.16. The van der Waals surface area contributed by atoms with Crippen LogP contribution >= 0.6 is 11.3 Å². The van der Waals surface area contributed by atoms with E-state index in [2.05, 4.69) is 28.5 Å². The van der Waals surface area contributed by atoms with Crippen LogP contribution in [0.4, 0.5) is 5.69 Å². The molecule has 1 atom stereocenters. The second-order valence-electron chi connectivity index (χ2n) is 7.83. The Morgan fingerprint density at radius 2 is 1.91 bits per heavy atom. The molecular formula is C26H27N3O3S. The highest BCUT2D eigenvalue weighted by Crippen LogP contribution is 2.42. The van der Waals surface area contributed by atoms with E-state index in [1.807, 2.05) is 42.5 Å². The molecule has 2 aromatic carbocycles. The Labute approximate surface area is 198 Å². The fourth-order valence-corrected chi connectivity index (χ4v) is 5.25. The Kier molecular flexibility index (Phi) is 7.28. The molecule has 1 unspecified atom stereocenters. The van der Waals surface area contributed by atoms with Crippen molar-refractivity contribution in [1.82, 2.24) is 4.90 Å². The molecule has 33 heavy (non-hydrogen) atoms. The maximum atomic E-state index is 13.5. The van der Waals surface area contributed by atoms with Crippen molar-refractivity contribution >= 4 is 22.9 Å². The molecule has 4 rings (SSSR count). The monoisotopic (exact) mass is 461 g/mol. The largest absolute Gasteiger partial charge is 0.493 e. The SMILES string of the molecule is COc1cc2c(cc1OC)C(c1cccs1)N(CC(=O)N(CCC#N)c1ccccc1)CC2. The van der Waals surface area contributed by atoms with Crippen LogP contribution in [0.5, 0.6) is 11.5 Å². The minimum atomic E-state index is -0.0499. The number of thiophene rings is 1. The first-order chi connectivity index (χ1) is 16.2. The van der Waals surface area contributed by atoms with Crippen LogP contribution in [0.25, 0.3) is 0 Å². The first kappa shape index (κ1) is 22.8. The molecule has 0 spiro atoms. The zero-order chi connectivity index (χ0) is 23.2. The maximum Gasteiger partial charge on any atom is 0.241 e. The summed E-state index contributed by atoms with van der Waals surface area (Å²) in [6.45, 7) is 1.38. The van der Waals surface area contributed by atoms with E-state index < -0.39 is 0 Å². The summed E-state index contributed by atoms with van der Waals surface area (Å²) in [4.78, 5) is 18.6. The van der Waals surface area contributed by atoms with Crippen molar-refractivity contribution in [3.05, 3.63) is 76.0 Å². The molecular weight excluding hydrogens is 434 g/mol. The summed E-state index contributed by atoms with van der Waals surface area (Å²) < 4.78 is 11.1. The van der Waals surface area contributed by atoms with Gasteiger partial charge in [-0.25, -0.2) is 0 Å². The fraction of sp³-hybridized carbons (Fsp3) is 0.308. The highest BCUT2D eigenvalue weighted by molar-refractivity contribution is 7.10. The average molecular weight is 462 g/mol. The van der Waals surface area contributed by atoms with E-state index >= 15 is 0 Å². The molecule has 3 aromatic rings. The summed E-state index contributed by atoms with van der Waals surface area (Å²) in [6, 6.07) is 19.9. The van der Waals surface area contributed by atoms with Crippen LogP contribution in [-0.4, -0.2) is 44.7 Å². The van der Waals surface area contributed by atoms with Gasteiger partial charge in [0.1, 0.15) is 0 Å². The molecule has 1 aliphatic rings. The molecule has 2 heterocycles. The zero-order valence-electron chi connectivity index (χ0n) is 18.9. The van der Waals surface area contributed by atoms with E-state index in [9.17, 15) is 4.79 Å². The first-order valence-corrected chi connectivity index (χ1v) is 11.8. The number of nitriles is 1. The highest BCUT2D eigenvalue weighted by atomic mass is 32.1. The molecule has 0 fully saturated rings. The van der Waals surface area contributed by atoms with Gasteiger partial charge in [0.25, 0.3) is 0 Å². The van der Waals surface area contributed by atoms with Crippen LogP contribution in [0.15, 0.2) is 60.0 Å². The number of para-hydroxylation sites is 1. The number of hydrogen-bond acceptors (Lipinski definition) is 6. The number of carbonyl (C=O) groups is 1. The second kappa shape index (κ2) is 10.5. The van der Waals surface area contributed by atoms with E-state index in [-0.39, 0.29) is 24.9 Å². The summed E-state index contributed by atoms with van der Waals surface area (Å²) >= 11 is 1.68. The van der Waals surface area contributed by atoms with E-state index in [0.29, 0.717) is 12.3 Å². The number of ether oxygens (including phenoxy) is 2. The van der Waals surface area contributed by atoms with Crippen molar-refractivity contribution < 1.29 is 14.3 Å². The average Bonchev–Trinajstić information content (AvgIpc) is 3.38. The second-order valence-corrected chi connectivity index (χ2v) is 8.81. The molecule has 1 amide bonds. The maximum absolute atomic E-state index is 13.5. The molecule has 0 radical (unpaired) electrons. The Morgan fingerprint density at radius 1 is 1.15 bits per heavy atom.